The number of hydrogen-bond acceptors (Lipinski definition) is 3. The molecule has 5 nitrogen and oxygen atoms in total. The zero-order chi connectivity index (χ0) is 14.8. The molecule has 0 radical (unpaired) electrons. The van der Waals surface area contributed by atoms with Gasteiger partial charge in [0, 0.05) is 19.5 Å². The van der Waals surface area contributed by atoms with Gasteiger partial charge in [-0.1, -0.05) is 24.4 Å². The molecule has 1 aliphatic rings. The van der Waals surface area contributed by atoms with Gasteiger partial charge in [-0.05, 0) is 24.7 Å². The van der Waals surface area contributed by atoms with E-state index in [-0.39, 0.29) is 10.0 Å². The molecule has 2 unspecified atom stereocenters. The van der Waals surface area contributed by atoms with Crippen LogP contribution in [0.1, 0.15) is 25.7 Å². The highest BCUT2D eigenvalue weighted by Gasteiger charge is 2.28. The SMILES string of the molecule is Cn1ncc(Cl)c1S(=O)(=O)NCC1CCCCC1CCl. The van der Waals surface area contributed by atoms with Crippen molar-refractivity contribution in [2.75, 3.05) is 12.4 Å². The van der Waals surface area contributed by atoms with E-state index in [4.69, 9.17) is 23.2 Å². The highest BCUT2D eigenvalue weighted by molar-refractivity contribution is 7.89. The quantitative estimate of drug-likeness (QED) is 0.837. The first-order valence-electron chi connectivity index (χ1n) is 6.69. The van der Waals surface area contributed by atoms with Crippen LogP contribution in [0, 0.1) is 11.8 Å². The maximum atomic E-state index is 12.3. The summed E-state index contributed by atoms with van der Waals surface area (Å²) in [6.07, 6.45) is 5.72. The molecule has 0 bridgehead atoms. The van der Waals surface area contributed by atoms with Gasteiger partial charge in [-0.25, -0.2) is 13.1 Å². The molecule has 2 atom stereocenters. The fourth-order valence-electron chi connectivity index (χ4n) is 2.74. The molecule has 1 aromatic rings. The van der Waals surface area contributed by atoms with Gasteiger partial charge < -0.3 is 0 Å². The summed E-state index contributed by atoms with van der Waals surface area (Å²) in [6, 6.07) is 0. The summed E-state index contributed by atoms with van der Waals surface area (Å²) in [4.78, 5) is 0. The van der Waals surface area contributed by atoms with Crippen LogP contribution in [0.15, 0.2) is 11.2 Å². The van der Waals surface area contributed by atoms with E-state index in [0.29, 0.717) is 24.3 Å². The molecule has 1 N–H and O–H groups in total. The third kappa shape index (κ3) is 3.47. The number of rotatable bonds is 5. The Balaban J connectivity index is 2.06. The standard InChI is InChI=1S/C12H19Cl2N3O2S/c1-17-12(11(14)8-15-17)20(18,19)16-7-10-5-3-2-4-9(10)6-13/h8-10,16H,2-7H2,1H3. The van der Waals surface area contributed by atoms with Crippen LogP contribution in [0.3, 0.4) is 0 Å². The Morgan fingerprint density at radius 1 is 1.40 bits per heavy atom. The predicted octanol–water partition coefficient (Wildman–Crippen LogP) is 2.40. The number of nitrogens with one attached hydrogen (secondary N) is 1. The van der Waals surface area contributed by atoms with Crippen molar-refractivity contribution in [3.05, 3.63) is 11.2 Å². The number of nitrogens with zero attached hydrogens (tertiary/aromatic N) is 2. The van der Waals surface area contributed by atoms with Gasteiger partial charge in [-0.15, -0.1) is 11.6 Å². The van der Waals surface area contributed by atoms with Crippen molar-refractivity contribution in [1.29, 1.82) is 0 Å². The van der Waals surface area contributed by atoms with E-state index in [1.165, 1.54) is 17.3 Å². The maximum absolute atomic E-state index is 12.3. The zero-order valence-corrected chi connectivity index (χ0v) is 13.7. The third-order valence-corrected chi connectivity index (χ3v) is 6.22. The summed E-state index contributed by atoms with van der Waals surface area (Å²) in [7, 11) is -2.08. The van der Waals surface area contributed by atoms with Crippen molar-refractivity contribution < 1.29 is 8.42 Å². The van der Waals surface area contributed by atoms with Gasteiger partial charge in [0.2, 0.25) is 0 Å². The second kappa shape index (κ2) is 6.64. The van der Waals surface area contributed by atoms with E-state index in [9.17, 15) is 8.42 Å². The first kappa shape index (κ1) is 16.1. The molecule has 1 saturated carbocycles. The van der Waals surface area contributed by atoms with Gasteiger partial charge in [0.05, 0.1) is 11.2 Å². The van der Waals surface area contributed by atoms with Crippen molar-refractivity contribution in [2.45, 2.75) is 30.7 Å². The van der Waals surface area contributed by atoms with E-state index in [0.717, 1.165) is 19.3 Å². The first-order chi connectivity index (χ1) is 9.45. The Hall–Kier alpha value is -0.300. The molecule has 1 heterocycles. The number of sulfonamides is 1. The monoisotopic (exact) mass is 339 g/mol. The Morgan fingerprint density at radius 3 is 2.60 bits per heavy atom. The van der Waals surface area contributed by atoms with Gasteiger partial charge in [-0.3, -0.25) is 4.68 Å². The Morgan fingerprint density at radius 2 is 2.05 bits per heavy atom. The van der Waals surface area contributed by atoms with Crippen LogP contribution in [0.5, 0.6) is 0 Å². The van der Waals surface area contributed by atoms with Crippen LogP contribution in [-0.4, -0.2) is 30.6 Å². The normalized spacial score (nSPS) is 23.9. The highest BCUT2D eigenvalue weighted by Crippen LogP contribution is 2.31. The fraction of sp³-hybridized carbons (Fsp3) is 0.750. The van der Waals surface area contributed by atoms with E-state index < -0.39 is 10.0 Å². The van der Waals surface area contributed by atoms with Gasteiger partial charge in [0.15, 0.2) is 5.03 Å². The molecule has 0 amide bonds. The molecule has 0 saturated heterocycles. The predicted molar refractivity (Wildman–Crippen MR) is 79.6 cm³/mol. The summed E-state index contributed by atoms with van der Waals surface area (Å²) in [6.45, 7) is 0.404. The number of alkyl halides is 1. The lowest BCUT2D eigenvalue weighted by Gasteiger charge is -2.30. The Labute approximate surface area is 129 Å². The van der Waals surface area contributed by atoms with Crippen LogP contribution in [0.4, 0.5) is 0 Å². The molecule has 1 aliphatic carbocycles. The number of aryl methyl sites for hydroxylation is 1. The van der Waals surface area contributed by atoms with Gasteiger partial charge >= 0.3 is 0 Å². The lowest BCUT2D eigenvalue weighted by Crippen LogP contribution is -2.35. The van der Waals surface area contributed by atoms with Crippen molar-refractivity contribution >= 4 is 33.2 Å². The summed E-state index contributed by atoms with van der Waals surface area (Å²) < 4.78 is 28.5. The minimum Gasteiger partial charge on any atom is -0.255 e. The van der Waals surface area contributed by atoms with Crippen LogP contribution in [-0.2, 0) is 17.1 Å². The van der Waals surface area contributed by atoms with E-state index in [2.05, 4.69) is 9.82 Å². The minimum absolute atomic E-state index is 0.0115. The maximum Gasteiger partial charge on any atom is 0.259 e. The average Bonchev–Trinajstić information content (AvgIpc) is 2.77. The van der Waals surface area contributed by atoms with Gasteiger partial charge in [-0.2, -0.15) is 5.10 Å². The molecule has 1 aromatic heterocycles. The van der Waals surface area contributed by atoms with Crippen LogP contribution < -0.4 is 4.72 Å². The molecule has 1 fully saturated rings. The Bertz CT molecular complexity index is 540. The lowest BCUT2D eigenvalue weighted by molar-refractivity contribution is 0.260. The summed E-state index contributed by atoms with van der Waals surface area (Å²) in [5.41, 5.74) is 0. The molecule has 20 heavy (non-hydrogen) atoms. The average molecular weight is 340 g/mol. The highest BCUT2D eigenvalue weighted by atomic mass is 35.5. The summed E-state index contributed by atoms with van der Waals surface area (Å²) in [5, 5.41) is 4.00. The number of hydrogen-bond donors (Lipinski definition) is 1. The molecule has 0 spiro atoms. The first-order valence-corrected chi connectivity index (χ1v) is 9.08. The number of aromatic nitrogens is 2. The van der Waals surface area contributed by atoms with Gasteiger partial charge in [0.25, 0.3) is 10.0 Å². The third-order valence-electron chi connectivity index (χ3n) is 3.90. The molecule has 8 heteroatoms. The second-order valence-electron chi connectivity index (χ2n) is 5.23. The van der Waals surface area contributed by atoms with E-state index in [1.807, 2.05) is 0 Å². The van der Waals surface area contributed by atoms with Crippen LogP contribution >= 0.6 is 23.2 Å². The smallest absolute Gasteiger partial charge is 0.255 e. The van der Waals surface area contributed by atoms with E-state index in [1.54, 1.807) is 7.05 Å². The van der Waals surface area contributed by atoms with Crippen LogP contribution in [0.2, 0.25) is 5.02 Å². The second-order valence-corrected chi connectivity index (χ2v) is 7.63. The molecule has 114 valence electrons. The zero-order valence-electron chi connectivity index (χ0n) is 11.3. The van der Waals surface area contributed by atoms with Crippen molar-refractivity contribution in [3.8, 4) is 0 Å². The molecular weight excluding hydrogens is 321 g/mol. The molecular formula is C12H19Cl2N3O2S. The van der Waals surface area contributed by atoms with E-state index >= 15 is 0 Å². The van der Waals surface area contributed by atoms with Crippen molar-refractivity contribution in [3.63, 3.8) is 0 Å². The number of halogens is 2. The van der Waals surface area contributed by atoms with Crippen LogP contribution in [0.25, 0.3) is 0 Å². The lowest BCUT2D eigenvalue weighted by atomic mass is 9.80. The Kier molecular flexibility index (Phi) is 5.34. The molecule has 2 rings (SSSR count). The summed E-state index contributed by atoms with van der Waals surface area (Å²) >= 11 is 11.8. The van der Waals surface area contributed by atoms with Crippen molar-refractivity contribution in [2.24, 2.45) is 18.9 Å². The molecule has 0 aliphatic heterocycles. The van der Waals surface area contributed by atoms with Crippen molar-refractivity contribution in [1.82, 2.24) is 14.5 Å². The van der Waals surface area contributed by atoms with Gasteiger partial charge in [0.1, 0.15) is 0 Å². The topological polar surface area (TPSA) is 64.0 Å². The summed E-state index contributed by atoms with van der Waals surface area (Å²) in [5.74, 6) is 1.26. The minimum atomic E-state index is -3.63. The fourth-order valence-corrected chi connectivity index (χ4v) is 4.89. The largest absolute Gasteiger partial charge is 0.259 e. The molecule has 0 aromatic carbocycles.